The van der Waals surface area contributed by atoms with Gasteiger partial charge < -0.3 is 10.1 Å². The maximum atomic E-state index is 12.9. The van der Waals surface area contributed by atoms with Crippen molar-refractivity contribution in [3.05, 3.63) is 34.1 Å². The quantitative estimate of drug-likeness (QED) is 0.898. The maximum absolute atomic E-state index is 12.9. The lowest BCUT2D eigenvalue weighted by Gasteiger charge is -2.27. The van der Waals surface area contributed by atoms with Crippen LogP contribution < -0.4 is 5.32 Å². The summed E-state index contributed by atoms with van der Waals surface area (Å²) in [5.41, 5.74) is 0.942. The van der Waals surface area contributed by atoms with Crippen LogP contribution in [0.2, 0.25) is 0 Å². The highest BCUT2D eigenvalue weighted by Gasteiger charge is 2.17. The third kappa shape index (κ3) is 2.32. The number of rotatable bonds is 3. The molecule has 1 aliphatic heterocycles. The van der Waals surface area contributed by atoms with Gasteiger partial charge in [0, 0.05) is 11.0 Å². The molecule has 1 aromatic rings. The van der Waals surface area contributed by atoms with Crippen molar-refractivity contribution in [2.24, 2.45) is 0 Å². The van der Waals surface area contributed by atoms with Gasteiger partial charge in [-0.05, 0) is 23.8 Å². The van der Waals surface area contributed by atoms with E-state index in [0.717, 1.165) is 23.2 Å². The van der Waals surface area contributed by atoms with E-state index in [4.69, 9.17) is 4.74 Å². The molecule has 1 aliphatic rings. The Hall–Kier alpha value is -0.450. The average Bonchev–Trinajstić information content (AvgIpc) is 2.08. The Morgan fingerprint density at radius 1 is 1.50 bits per heavy atom. The number of benzene rings is 1. The Morgan fingerprint density at radius 2 is 2.29 bits per heavy atom. The normalized spacial score (nSPS) is 16.7. The van der Waals surface area contributed by atoms with Crippen molar-refractivity contribution in [1.82, 2.24) is 5.32 Å². The van der Waals surface area contributed by atoms with Gasteiger partial charge in [0.2, 0.25) is 0 Å². The van der Waals surface area contributed by atoms with Crippen LogP contribution in [-0.4, -0.2) is 19.3 Å². The first kappa shape index (κ1) is 10.1. The van der Waals surface area contributed by atoms with Crippen molar-refractivity contribution in [3.8, 4) is 0 Å². The van der Waals surface area contributed by atoms with Crippen LogP contribution in [0.1, 0.15) is 5.56 Å². The molecular formula is C10H11BrFNO. The summed E-state index contributed by atoms with van der Waals surface area (Å²) in [5.74, 6) is -0.199. The van der Waals surface area contributed by atoms with Crippen molar-refractivity contribution in [2.45, 2.75) is 12.6 Å². The molecule has 0 unspecified atom stereocenters. The van der Waals surface area contributed by atoms with Crippen LogP contribution in [0, 0.1) is 5.82 Å². The predicted octanol–water partition coefficient (Wildman–Crippen LogP) is 2.08. The van der Waals surface area contributed by atoms with Crippen LogP contribution in [0.3, 0.4) is 0 Å². The summed E-state index contributed by atoms with van der Waals surface area (Å²) in [4.78, 5) is 0. The van der Waals surface area contributed by atoms with Gasteiger partial charge in [-0.2, -0.15) is 0 Å². The van der Waals surface area contributed by atoms with E-state index in [9.17, 15) is 4.39 Å². The molecule has 0 bridgehead atoms. The number of nitrogens with one attached hydrogen (secondary N) is 1. The molecule has 1 N–H and O–H groups in total. The number of ether oxygens (including phenoxy) is 1. The summed E-state index contributed by atoms with van der Waals surface area (Å²) in [6.07, 6.45) is 0. The van der Waals surface area contributed by atoms with Crippen LogP contribution in [0.4, 0.5) is 4.39 Å². The summed E-state index contributed by atoms with van der Waals surface area (Å²) < 4.78 is 18.9. The zero-order chi connectivity index (χ0) is 9.97. The zero-order valence-corrected chi connectivity index (χ0v) is 9.18. The lowest BCUT2D eigenvalue weighted by molar-refractivity contribution is -0.00581. The second-order valence-electron chi connectivity index (χ2n) is 3.35. The average molecular weight is 260 g/mol. The standard InChI is InChI=1S/C10H11BrFNO/c11-10-2-1-8(12)3-7(10)4-13-9-5-14-6-9/h1-3,9,13H,4-6H2. The molecule has 14 heavy (non-hydrogen) atoms. The van der Waals surface area contributed by atoms with Gasteiger partial charge in [0.1, 0.15) is 5.82 Å². The Labute approximate surface area is 90.6 Å². The summed E-state index contributed by atoms with van der Waals surface area (Å²) in [6, 6.07) is 5.13. The van der Waals surface area contributed by atoms with E-state index in [1.54, 1.807) is 6.07 Å². The predicted molar refractivity (Wildman–Crippen MR) is 55.5 cm³/mol. The molecule has 1 fully saturated rings. The van der Waals surface area contributed by atoms with E-state index in [0.29, 0.717) is 12.6 Å². The van der Waals surface area contributed by atoms with E-state index in [1.807, 2.05) is 0 Å². The molecule has 0 spiro atoms. The van der Waals surface area contributed by atoms with Gasteiger partial charge in [0.15, 0.2) is 0 Å². The lowest BCUT2D eigenvalue weighted by Crippen LogP contribution is -2.45. The topological polar surface area (TPSA) is 21.3 Å². The lowest BCUT2D eigenvalue weighted by atomic mass is 10.2. The second kappa shape index (κ2) is 4.38. The zero-order valence-electron chi connectivity index (χ0n) is 7.59. The molecule has 0 atom stereocenters. The van der Waals surface area contributed by atoms with E-state index < -0.39 is 0 Å². The third-order valence-electron chi connectivity index (χ3n) is 2.23. The molecular weight excluding hydrogens is 249 g/mol. The van der Waals surface area contributed by atoms with Crippen molar-refractivity contribution >= 4 is 15.9 Å². The van der Waals surface area contributed by atoms with Crippen LogP contribution in [0.15, 0.2) is 22.7 Å². The Kier molecular flexibility index (Phi) is 3.15. The van der Waals surface area contributed by atoms with Gasteiger partial charge in [-0.15, -0.1) is 0 Å². The second-order valence-corrected chi connectivity index (χ2v) is 4.21. The highest BCUT2D eigenvalue weighted by molar-refractivity contribution is 9.10. The van der Waals surface area contributed by atoms with Crippen LogP contribution >= 0.6 is 15.9 Å². The smallest absolute Gasteiger partial charge is 0.123 e. The minimum absolute atomic E-state index is 0.199. The molecule has 0 aliphatic carbocycles. The van der Waals surface area contributed by atoms with Crippen molar-refractivity contribution < 1.29 is 9.13 Å². The van der Waals surface area contributed by atoms with Crippen LogP contribution in [0.25, 0.3) is 0 Å². The molecule has 1 saturated heterocycles. The fourth-order valence-corrected chi connectivity index (χ4v) is 1.67. The molecule has 0 aromatic heterocycles. The van der Waals surface area contributed by atoms with Gasteiger partial charge in [-0.25, -0.2) is 4.39 Å². The first-order valence-electron chi connectivity index (χ1n) is 4.51. The Bertz CT molecular complexity index is 328. The van der Waals surface area contributed by atoms with E-state index in [-0.39, 0.29) is 5.82 Å². The van der Waals surface area contributed by atoms with Crippen molar-refractivity contribution in [3.63, 3.8) is 0 Å². The third-order valence-corrected chi connectivity index (χ3v) is 3.00. The minimum Gasteiger partial charge on any atom is -0.378 e. The number of halogens is 2. The minimum atomic E-state index is -0.199. The monoisotopic (exact) mass is 259 g/mol. The molecule has 0 radical (unpaired) electrons. The van der Waals surface area contributed by atoms with Gasteiger partial charge in [0.25, 0.3) is 0 Å². The van der Waals surface area contributed by atoms with Gasteiger partial charge in [-0.3, -0.25) is 0 Å². The summed E-state index contributed by atoms with van der Waals surface area (Å²) >= 11 is 3.38. The fraction of sp³-hybridized carbons (Fsp3) is 0.400. The molecule has 1 aromatic carbocycles. The first-order valence-corrected chi connectivity index (χ1v) is 5.30. The largest absolute Gasteiger partial charge is 0.378 e. The SMILES string of the molecule is Fc1ccc(Br)c(CNC2COC2)c1. The van der Waals surface area contributed by atoms with Gasteiger partial charge in [0.05, 0.1) is 19.3 Å². The summed E-state index contributed by atoms with van der Waals surface area (Å²) in [5, 5.41) is 3.28. The molecule has 0 saturated carbocycles. The number of hydrogen-bond acceptors (Lipinski definition) is 2. The van der Waals surface area contributed by atoms with Gasteiger partial charge in [-0.1, -0.05) is 15.9 Å². The molecule has 1 heterocycles. The van der Waals surface area contributed by atoms with Crippen LogP contribution in [-0.2, 0) is 11.3 Å². The van der Waals surface area contributed by atoms with Crippen molar-refractivity contribution in [2.75, 3.05) is 13.2 Å². The molecule has 2 rings (SSSR count). The Morgan fingerprint density at radius 3 is 2.93 bits per heavy atom. The van der Waals surface area contributed by atoms with E-state index in [1.165, 1.54) is 12.1 Å². The van der Waals surface area contributed by atoms with E-state index in [2.05, 4.69) is 21.2 Å². The Balaban J connectivity index is 1.96. The number of hydrogen-bond donors (Lipinski definition) is 1. The molecule has 2 nitrogen and oxygen atoms in total. The fourth-order valence-electron chi connectivity index (χ4n) is 1.29. The van der Waals surface area contributed by atoms with E-state index >= 15 is 0 Å². The van der Waals surface area contributed by atoms with Crippen LogP contribution in [0.5, 0.6) is 0 Å². The first-order chi connectivity index (χ1) is 6.75. The molecule has 76 valence electrons. The van der Waals surface area contributed by atoms with Crippen molar-refractivity contribution in [1.29, 1.82) is 0 Å². The summed E-state index contributed by atoms with van der Waals surface area (Å²) in [7, 11) is 0. The molecule has 0 amide bonds. The maximum Gasteiger partial charge on any atom is 0.123 e. The molecule has 4 heteroatoms. The highest BCUT2D eigenvalue weighted by Crippen LogP contribution is 2.18. The summed E-state index contributed by atoms with van der Waals surface area (Å²) in [6.45, 7) is 2.19. The highest BCUT2D eigenvalue weighted by atomic mass is 79.9. The van der Waals surface area contributed by atoms with Gasteiger partial charge >= 0.3 is 0 Å².